The Bertz CT molecular complexity index is 1730. The Labute approximate surface area is 317 Å². The van der Waals surface area contributed by atoms with Crippen molar-refractivity contribution in [2.24, 2.45) is 0 Å². The zero-order valence-electron chi connectivity index (χ0n) is 30.6. The van der Waals surface area contributed by atoms with Crippen LogP contribution in [0.4, 0.5) is 99.2 Å². The van der Waals surface area contributed by atoms with Gasteiger partial charge in [-0.25, -0.2) is 0 Å². The Morgan fingerprint density at radius 3 is 0.862 bits per heavy atom. The van der Waals surface area contributed by atoms with Gasteiger partial charge in [-0.3, -0.25) is 0 Å². The Balaban J connectivity index is 1.82. The third-order valence-electron chi connectivity index (χ3n) is 11.1. The summed E-state index contributed by atoms with van der Waals surface area (Å²) in [7, 11) is 0. The van der Waals surface area contributed by atoms with Gasteiger partial charge in [0.05, 0.1) is 0 Å². The van der Waals surface area contributed by atoms with Crippen LogP contribution in [-0.2, 0) is 11.8 Å². The summed E-state index contributed by atoms with van der Waals surface area (Å²) in [6, 6.07) is -0.0138. The number of rotatable bonds is 17. The third kappa shape index (κ3) is 6.44. The van der Waals surface area contributed by atoms with Gasteiger partial charge in [-0.2, -0.15) is 87.8 Å². The maximum atomic E-state index is 15.4. The summed E-state index contributed by atoms with van der Waals surface area (Å²) >= 11 is 0. The highest BCUT2D eigenvalue weighted by Crippen LogP contribution is 2.68. The lowest BCUT2D eigenvalue weighted by Gasteiger charge is -2.45. The summed E-state index contributed by atoms with van der Waals surface area (Å²) in [5.74, 6) is -86.6. The van der Waals surface area contributed by atoms with Gasteiger partial charge in [0.25, 0.3) is 0 Å². The fraction of sp³-hybridized carbons (Fsp3) is 0.667. The second kappa shape index (κ2) is 14.1. The van der Waals surface area contributed by atoms with E-state index >= 15 is 35.1 Å². The highest BCUT2D eigenvalue weighted by Gasteiger charge is 2.97. The van der Waals surface area contributed by atoms with Crippen molar-refractivity contribution < 1.29 is 87.8 Å². The summed E-state index contributed by atoms with van der Waals surface area (Å²) in [6.07, 6.45) is 0.565. The lowest BCUT2D eigenvalue weighted by atomic mass is 9.82. The highest BCUT2D eigenvalue weighted by atomic mass is 19.4. The molecule has 0 amide bonds. The number of hydrogen-bond donors (Lipinski definition) is 2. The van der Waals surface area contributed by atoms with Crippen molar-refractivity contribution in [1.29, 1.82) is 0 Å². The Hall–Kier alpha value is -3.36. The highest BCUT2D eigenvalue weighted by molar-refractivity contribution is 5.61. The van der Waals surface area contributed by atoms with Crippen LogP contribution in [0, 0.1) is 0 Å². The number of nitrogens with two attached hydrogens (primary N) is 2. The molecule has 58 heavy (non-hydrogen) atoms. The van der Waals surface area contributed by atoms with Crippen LogP contribution < -0.4 is 11.5 Å². The van der Waals surface area contributed by atoms with Gasteiger partial charge < -0.3 is 11.5 Å². The van der Waals surface area contributed by atoms with Crippen LogP contribution in [-0.4, -0.2) is 47.4 Å². The average molecular weight is 877 g/mol. The largest absolute Gasteiger partial charge is 0.398 e. The molecule has 2 unspecified atom stereocenters. The summed E-state index contributed by atoms with van der Waals surface area (Å²) in [5.41, 5.74) is 4.64. The normalized spacial score (nSPS) is 18.4. The number of halogens is 20. The maximum Gasteiger partial charge on any atom is 0.385 e. The average Bonchev–Trinajstić information content (AvgIpc) is 4.05. The van der Waals surface area contributed by atoms with Gasteiger partial charge >= 0.3 is 59.2 Å². The minimum absolute atomic E-state index is 0.00522. The van der Waals surface area contributed by atoms with Crippen molar-refractivity contribution in [2.45, 2.75) is 149 Å². The first kappa shape index (κ1) is 47.3. The first-order valence-corrected chi connectivity index (χ1v) is 17.6. The molecule has 2 nitrogen and oxygen atoms in total. The number of anilines is 2. The zero-order chi connectivity index (χ0) is 45.0. The molecule has 2 atom stereocenters. The molecule has 0 aliphatic heterocycles. The van der Waals surface area contributed by atoms with Crippen LogP contribution in [0.1, 0.15) is 123 Å². The predicted octanol–water partition coefficient (Wildman–Crippen LogP) is 13.6. The van der Waals surface area contributed by atoms with E-state index in [-0.39, 0.29) is 74.2 Å². The molecule has 2 aliphatic rings. The van der Waals surface area contributed by atoms with Crippen molar-refractivity contribution in [3.05, 3.63) is 57.6 Å². The topological polar surface area (TPSA) is 52.0 Å². The molecule has 2 saturated carbocycles. The monoisotopic (exact) mass is 876 g/mol. The molecule has 4 rings (SSSR count). The first-order valence-electron chi connectivity index (χ1n) is 17.6. The van der Waals surface area contributed by atoms with E-state index in [1.807, 2.05) is 0 Å². The summed E-state index contributed by atoms with van der Waals surface area (Å²) < 4.78 is 300. The van der Waals surface area contributed by atoms with Gasteiger partial charge in [0.1, 0.15) is 0 Å². The molecule has 330 valence electrons. The second-order valence-electron chi connectivity index (χ2n) is 15.0. The van der Waals surface area contributed by atoms with E-state index in [2.05, 4.69) is 0 Å². The molecular formula is C36H36F20N2. The lowest BCUT2D eigenvalue weighted by molar-refractivity contribution is -0.470. The van der Waals surface area contributed by atoms with Crippen LogP contribution >= 0.6 is 0 Å². The van der Waals surface area contributed by atoms with Crippen LogP contribution in [0.3, 0.4) is 0 Å². The Kier molecular flexibility index (Phi) is 11.5. The summed E-state index contributed by atoms with van der Waals surface area (Å²) in [4.78, 5) is 0. The van der Waals surface area contributed by atoms with E-state index in [0.717, 1.165) is 0 Å². The van der Waals surface area contributed by atoms with Crippen molar-refractivity contribution in [1.82, 2.24) is 0 Å². The zero-order valence-corrected chi connectivity index (χ0v) is 30.6. The van der Waals surface area contributed by atoms with E-state index in [9.17, 15) is 52.7 Å². The van der Waals surface area contributed by atoms with Crippen LogP contribution in [0.2, 0.25) is 0 Å². The van der Waals surface area contributed by atoms with Crippen LogP contribution in [0.5, 0.6) is 0 Å². The van der Waals surface area contributed by atoms with Gasteiger partial charge in [-0.15, -0.1) is 0 Å². The minimum atomic E-state index is -9.12. The minimum Gasteiger partial charge on any atom is -0.398 e. The summed E-state index contributed by atoms with van der Waals surface area (Å²) in [5, 5.41) is 0. The quantitative estimate of drug-likeness (QED) is 0.123. The smallest absolute Gasteiger partial charge is 0.385 e. The molecule has 2 aliphatic carbocycles. The number of alkyl halides is 20. The number of benzene rings is 2. The Morgan fingerprint density at radius 2 is 0.655 bits per heavy atom. The van der Waals surface area contributed by atoms with Crippen molar-refractivity contribution in [3.8, 4) is 0 Å². The molecule has 0 aromatic heterocycles. The molecule has 2 aromatic carbocycles. The molecule has 2 fully saturated rings. The van der Waals surface area contributed by atoms with Gasteiger partial charge in [-0.1, -0.05) is 27.7 Å². The van der Waals surface area contributed by atoms with Crippen LogP contribution in [0.15, 0.2) is 24.3 Å². The number of nitrogen functional groups attached to an aromatic ring is 2. The molecule has 0 heterocycles. The fourth-order valence-electron chi connectivity index (χ4n) is 6.42. The lowest BCUT2D eigenvalue weighted by Crippen LogP contribution is -2.76. The standard InChI is InChI=1S/C36H36F20N2/c1-5-15(3)21-11-19(13-23(25(21)57)17-7-8-17)27(37,38)29(41,42)31(45,46)33(49,50)35(53,54)36(55,56)34(51,52)32(47,48)30(43,44)28(39,40)20-12-22(16(4)6-2)26(58)24(14-20)18-9-10-18/h11-18H,5-10,57-58H2,1-4H3. The van der Waals surface area contributed by atoms with E-state index < -0.39 is 116 Å². The van der Waals surface area contributed by atoms with Crippen molar-refractivity contribution >= 4 is 11.4 Å². The van der Waals surface area contributed by atoms with Crippen molar-refractivity contribution in [2.75, 3.05) is 11.5 Å². The molecule has 0 spiro atoms. The van der Waals surface area contributed by atoms with E-state index in [4.69, 9.17) is 11.5 Å². The molecule has 0 bridgehead atoms. The molecular weight excluding hydrogens is 840 g/mol. The molecule has 22 heteroatoms. The molecule has 0 radical (unpaired) electrons. The first-order chi connectivity index (χ1) is 25.9. The van der Waals surface area contributed by atoms with Gasteiger partial charge in [0, 0.05) is 22.5 Å². The van der Waals surface area contributed by atoms with Crippen LogP contribution in [0.25, 0.3) is 0 Å². The second-order valence-corrected chi connectivity index (χ2v) is 15.0. The molecule has 0 saturated heterocycles. The molecule has 2 aromatic rings. The maximum absolute atomic E-state index is 15.4. The van der Waals surface area contributed by atoms with Gasteiger partial charge in [-0.05, 0) is 109 Å². The van der Waals surface area contributed by atoms with Crippen molar-refractivity contribution in [3.63, 3.8) is 0 Å². The third-order valence-corrected chi connectivity index (χ3v) is 11.1. The SMILES string of the molecule is CCC(C)c1cc(C(F)(F)C(F)(F)C(F)(F)C(F)(F)C(F)(F)C(F)(F)C(F)(F)C(F)(F)C(F)(F)C(F)(F)c2cc(C(C)CC)c(N)c(C3CC3)c2)cc(C2CC2)c1N. The van der Waals surface area contributed by atoms with Gasteiger partial charge in [0.15, 0.2) is 0 Å². The fourth-order valence-corrected chi connectivity index (χ4v) is 6.42. The van der Waals surface area contributed by atoms with E-state index in [1.165, 1.54) is 27.7 Å². The Morgan fingerprint density at radius 1 is 0.431 bits per heavy atom. The van der Waals surface area contributed by atoms with E-state index in [0.29, 0.717) is 0 Å². The predicted molar refractivity (Wildman–Crippen MR) is 170 cm³/mol. The van der Waals surface area contributed by atoms with E-state index in [1.54, 1.807) is 0 Å². The number of hydrogen-bond acceptors (Lipinski definition) is 2. The summed E-state index contributed by atoms with van der Waals surface area (Å²) in [6.45, 7) is 5.27. The molecule has 4 N–H and O–H groups in total. The van der Waals surface area contributed by atoms with Gasteiger partial charge in [0.2, 0.25) is 0 Å².